The number of urea groups is 1. The molecular weight excluding hydrogens is 340 g/mol. The number of esters is 1. The van der Waals surface area contributed by atoms with Crippen molar-refractivity contribution in [2.45, 2.75) is 19.0 Å². The van der Waals surface area contributed by atoms with Gasteiger partial charge in [0.1, 0.15) is 17.0 Å². The summed E-state index contributed by atoms with van der Waals surface area (Å²) in [6.45, 7) is 1.55. The van der Waals surface area contributed by atoms with E-state index in [0.29, 0.717) is 17.1 Å². The van der Waals surface area contributed by atoms with E-state index in [1.165, 1.54) is 19.2 Å². The van der Waals surface area contributed by atoms with Gasteiger partial charge < -0.3 is 19.2 Å². The highest BCUT2D eigenvalue weighted by molar-refractivity contribution is 6.07. The summed E-state index contributed by atoms with van der Waals surface area (Å²) < 4.78 is 15.0. The second-order valence-corrected chi connectivity index (χ2v) is 5.93. The number of amides is 3. The van der Waals surface area contributed by atoms with Crippen molar-refractivity contribution in [2.24, 2.45) is 0 Å². The Balaban J connectivity index is 1.81. The average molecular weight is 358 g/mol. The summed E-state index contributed by atoms with van der Waals surface area (Å²) in [6, 6.07) is 9.31. The second-order valence-electron chi connectivity index (χ2n) is 5.93. The molecule has 1 N–H and O–H groups in total. The van der Waals surface area contributed by atoms with Crippen LogP contribution in [0, 0.1) is 0 Å². The molecule has 136 valence electrons. The Kier molecular flexibility index (Phi) is 4.41. The summed E-state index contributed by atoms with van der Waals surface area (Å²) in [7, 11) is 2.79. The van der Waals surface area contributed by atoms with Gasteiger partial charge in [0.2, 0.25) is 5.76 Å². The number of methoxy groups -OCH3 is 2. The van der Waals surface area contributed by atoms with Gasteiger partial charge in [-0.05, 0) is 36.8 Å². The molecule has 26 heavy (non-hydrogen) atoms. The van der Waals surface area contributed by atoms with E-state index in [0.717, 1.165) is 4.90 Å². The molecule has 2 heterocycles. The fourth-order valence-corrected chi connectivity index (χ4v) is 2.79. The summed E-state index contributed by atoms with van der Waals surface area (Å²) in [5.74, 6) is -0.0857. The number of hydrogen-bond donors (Lipinski definition) is 1. The second kappa shape index (κ2) is 6.55. The Morgan fingerprint density at radius 1 is 1.15 bits per heavy atom. The van der Waals surface area contributed by atoms with Crippen molar-refractivity contribution in [3.05, 3.63) is 53.5 Å². The Morgan fingerprint density at radius 2 is 1.85 bits per heavy atom. The van der Waals surface area contributed by atoms with Crippen molar-refractivity contribution in [2.75, 3.05) is 14.2 Å². The Labute approximate surface area is 149 Å². The Bertz CT molecular complexity index is 857. The number of hydrogen-bond acceptors (Lipinski definition) is 6. The zero-order chi connectivity index (χ0) is 18.9. The number of nitrogens with one attached hydrogen (secondary N) is 1. The van der Waals surface area contributed by atoms with Crippen molar-refractivity contribution in [3.63, 3.8) is 0 Å². The molecule has 1 aromatic heterocycles. The van der Waals surface area contributed by atoms with E-state index in [-0.39, 0.29) is 12.3 Å². The van der Waals surface area contributed by atoms with E-state index >= 15 is 0 Å². The number of imide groups is 1. The highest BCUT2D eigenvalue weighted by atomic mass is 16.5. The molecule has 0 aliphatic carbocycles. The van der Waals surface area contributed by atoms with Crippen LogP contribution in [0.1, 0.15) is 28.8 Å². The van der Waals surface area contributed by atoms with E-state index in [1.54, 1.807) is 38.3 Å². The first-order valence-corrected chi connectivity index (χ1v) is 7.84. The molecule has 8 nitrogen and oxygen atoms in total. The molecule has 0 spiro atoms. The Hall–Kier alpha value is -3.29. The minimum Gasteiger partial charge on any atom is -0.497 e. The minimum absolute atomic E-state index is 0.00692. The van der Waals surface area contributed by atoms with E-state index in [4.69, 9.17) is 9.15 Å². The lowest BCUT2D eigenvalue weighted by Crippen LogP contribution is -2.40. The highest BCUT2D eigenvalue weighted by Gasteiger charge is 2.49. The van der Waals surface area contributed by atoms with E-state index in [2.05, 4.69) is 10.1 Å². The molecule has 0 unspecified atom stereocenters. The van der Waals surface area contributed by atoms with E-state index in [9.17, 15) is 14.4 Å². The van der Waals surface area contributed by atoms with Crippen LogP contribution in [0.25, 0.3) is 0 Å². The summed E-state index contributed by atoms with van der Waals surface area (Å²) in [4.78, 5) is 37.7. The lowest BCUT2D eigenvalue weighted by Gasteiger charge is -2.22. The third-order valence-corrected chi connectivity index (χ3v) is 4.30. The third kappa shape index (κ3) is 2.90. The summed E-state index contributed by atoms with van der Waals surface area (Å²) in [5.41, 5.74) is -0.560. The van der Waals surface area contributed by atoms with Crippen molar-refractivity contribution < 1.29 is 28.3 Å². The van der Waals surface area contributed by atoms with Gasteiger partial charge in [-0.1, -0.05) is 12.1 Å². The van der Waals surface area contributed by atoms with Crippen LogP contribution in [0.3, 0.4) is 0 Å². The molecule has 2 aromatic rings. The smallest absolute Gasteiger partial charge is 0.373 e. The van der Waals surface area contributed by atoms with E-state index < -0.39 is 23.4 Å². The fourth-order valence-electron chi connectivity index (χ4n) is 2.79. The van der Waals surface area contributed by atoms with Gasteiger partial charge in [-0.2, -0.15) is 0 Å². The maximum atomic E-state index is 12.9. The number of rotatable bonds is 5. The van der Waals surface area contributed by atoms with Gasteiger partial charge in [0.15, 0.2) is 0 Å². The van der Waals surface area contributed by atoms with Gasteiger partial charge in [0, 0.05) is 0 Å². The number of ether oxygens (including phenoxy) is 2. The number of furan rings is 1. The normalized spacial score (nSPS) is 19.4. The van der Waals surface area contributed by atoms with Crippen LogP contribution >= 0.6 is 0 Å². The van der Waals surface area contributed by atoms with Crippen molar-refractivity contribution in [3.8, 4) is 5.75 Å². The van der Waals surface area contributed by atoms with Gasteiger partial charge in [-0.25, -0.2) is 9.59 Å². The predicted octanol–water partition coefficient (Wildman–Crippen LogP) is 2.04. The van der Waals surface area contributed by atoms with Crippen LogP contribution in [0.2, 0.25) is 0 Å². The highest BCUT2D eigenvalue weighted by Crippen LogP contribution is 2.31. The largest absolute Gasteiger partial charge is 0.497 e. The molecule has 1 saturated heterocycles. The quantitative estimate of drug-likeness (QED) is 0.649. The molecule has 3 rings (SSSR count). The first-order chi connectivity index (χ1) is 12.4. The van der Waals surface area contributed by atoms with Gasteiger partial charge in [0.05, 0.1) is 20.8 Å². The van der Waals surface area contributed by atoms with Crippen LogP contribution < -0.4 is 10.1 Å². The number of carbonyl (C=O) groups excluding carboxylic acids is 3. The molecule has 8 heteroatoms. The van der Waals surface area contributed by atoms with Crippen molar-refractivity contribution >= 4 is 17.9 Å². The van der Waals surface area contributed by atoms with Gasteiger partial charge >= 0.3 is 12.0 Å². The van der Waals surface area contributed by atoms with Crippen LogP contribution in [-0.2, 0) is 21.6 Å². The van der Waals surface area contributed by atoms with Crippen LogP contribution in [0.4, 0.5) is 4.79 Å². The van der Waals surface area contributed by atoms with Gasteiger partial charge in [-0.15, -0.1) is 0 Å². The molecule has 3 amide bonds. The van der Waals surface area contributed by atoms with Crippen LogP contribution in [0.5, 0.6) is 5.75 Å². The Morgan fingerprint density at radius 3 is 2.46 bits per heavy atom. The molecule has 1 atom stereocenters. The van der Waals surface area contributed by atoms with Gasteiger partial charge in [-0.3, -0.25) is 9.69 Å². The van der Waals surface area contributed by atoms with Gasteiger partial charge in [0.25, 0.3) is 5.91 Å². The topological polar surface area (TPSA) is 98.1 Å². The monoisotopic (exact) mass is 358 g/mol. The van der Waals surface area contributed by atoms with Crippen molar-refractivity contribution in [1.82, 2.24) is 10.2 Å². The minimum atomic E-state index is -1.19. The predicted molar refractivity (Wildman–Crippen MR) is 89.5 cm³/mol. The molecule has 0 radical (unpaired) electrons. The average Bonchev–Trinajstić information content (AvgIpc) is 3.20. The van der Waals surface area contributed by atoms with Crippen molar-refractivity contribution in [1.29, 1.82) is 0 Å². The summed E-state index contributed by atoms with van der Waals surface area (Å²) in [6.07, 6.45) is 0. The van der Waals surface area contributed by atoms with Crippen LogP contribution in [-0.4, -0.2) is 37.0 Å². The van der Waals surface area contributed by atoms with E-state index in [1.807, 2.05) is 0 Å². The first-order valence-electron chi connectivity index (χ1n) is 7.84. The molecule has 0 saturated carbocycles. The SMILES string of the molecule is COC(=O)c1ccc(CN2C(=O)N[C@](C)(c3ccc(OC)cc3)C2=O)o1. The maximum Gasteiger partial charge on any atom is 0.373 e. The van der Waals surface area contributed by atoms with Crippen LogP contribution in [0.15, 0.2) is 40.8 Å². The zero-order valence-corrected chi connectivity index (χ0v) is 14.6. The summed E-state index contributed by atoms with van der Waals surface area (Å²) in [5, 5.41) is 2.71. The molecule has 1 fully saturated rings. The number of benzene rings is 1. The molecular formula is C18H18N2O6. The third-order valence-electron chi connectivity index (χ3n) is 4.30. The molecule has 1 aliphatic rings. The number of carbonyl (C=O) groups is 3. The zero-order valence-electron chi connectivity index (χ0n) is 14.6. The fraction of sp³-hybridized carbons (Fsp3) is 0.278. The maximum absolute atomic E-state index is 12.9. The molecule has 1 aliphatic heterocycles. The summed E-state index contributed by atoms with van der Waals surface area (Å²) >= 11 is 0. The molecule has 1 aromatic carbocycles. The lowest BCUT2D eigenvalue weighted by atomic mass is 9.92. The first kappa shape index (κ1) is 17.5. The lowest BCUT2D eigenvalue weighted by molar-refractivity contribution is -0.131. The molecule has 0 bridgehead atoms. The number of nitrogens with zero attached hydrogens (tertiary/aromatic N) is 1. The standard InChI is InChI=1S/C18H18N2O6/c1-18(11-4-6-12(24-2)7-5-11)16(22)20(17(23)19-18)10-13-8-9-14(26-13)15(21)25-3/h4-9H,10H2,1-3H3,(H,19,23)/t18-/m1/s1.